The molecule has 0 heterocycles. The van der Waals surface area contributed by atoms with E-state index in [0.717, 1.165) is 24.7 Å². The van der Waals surface area contributed by atoms with E-state index in [4.69, 9.17) is 0 Å². The van der Waals surface area contributed by atoms with E-state index < -0.39 is 16.1 Å². The van der Waals surface area contributed by atoms with Crippen molar-refractivity contribution in [2.45, 2.75) is 65.5 Å². The quantitative estimate of drug-likeness (QED) is 0.375. The maximum atomic E-state index is 13.4. The first kappa shape index (κ1) is 29.3. The molecule has 2 aromatic rings. The molecule has 1 atom stereocenters. The van der Waals surface area contributed by atoms with Gasteiger partial charge in [-0.3, -0.25) is 13.9 Å². The summed E-state index contributed by atoms with van der Waals surface area (Å²) in [7, 11) is -3.55. The molecule has 198 valence electrons. The topological polar surface area (TPSA) is 86.8 Å². The van der Waals surface area contributed by atoms with E-state index in [1.807, 2.05) is 32.9 Å². The number of anilines is 1. The van der Waals surface area contributed by atoms with Crippen LogP contribution in [0.15, 0.2) is 48.5 Å². The summed E-state index contributed by atoms with van der Waals surface area (Å²) >= 11 is 0. The van der Waals surface area contributed by atoms with Crippen LogP contribution >= 0.6 is 0 Å². The number of hydrogen-bond donors (Lipinski definition) is 1. The molecule has 1 N–H and O–H groups in total. The van der Waals surface area contributed by atoms with Crippen molar-refractivity contribution in [3.05, 3.63) is 65.5 Å². The Morgan fingerprint density at radius 2 is 1.69 bits per heavy atom. The zero-order valence-electron chi connectivity index (χ0n) is 21.7. The first-order chi connectivity index (χ1) is 17.1. The van der Waals surface area contributed by atoms with Gasteiger partial charge in [-0.05, 0) is 55.5 Å². The van der Waals surface area contributed by atoms with Crippen molar-refractivity contribution in [1.82, 2.24) is 10.2 Å². The third-order valence-electron chi connectivity index (χ3n) is 6.02. The summed E-state index contributed by atoms with van der Waals surface area (Å²) in [4.78, 5) is 27.8. The van der Waals surface area contributed by atoms with Gasteiger partial charge in [0.1, 0.15) is 11.9 Å². The van der Waals surface area contributed by atoms with Crippen LogP contribution in [0.4, 0.5) is 10.1 Å². The number of benzene rings is 2. The van der Waals surface area contributed by atoms with Crippen molar-refractivity contribution in [3.8, 4) is 0 Å². The van der Waals surface area contributed by atoms with Crippen LogP contribution in [0, 0.1) is 12.7 Å². The minimum Gasteiger partial charge on any atom is -0.354 e. The number of unbranched alkanes of at least 4 members (excludes halogenated alkanes) is 1. The van der Waals surface area contributed by atoms with Crippen molar-refractivity contribution in [1.29, 1.82) is 0 Å². The van der Waals surface area contributed by atoms with Crippen LogP contribution in [0.25, 0.3) is 0 Å². The Bertz CT molecular complexity index is 1110. The van der Waals surface area contributed by atoms with Gasteiger partial charge in [0.2, 0.25) is 21.8 Å². The fraction of sp³-hybridized carbons (Fsp3) is 0.481. The Morgan fingerprint density at radius 1 is 1.03 bits per heavy atom. The molecule has 0 spiro atoms. The van der Waals surface area contributed by atoms with Crippen molar-refractivity contribution in [2.75, 3.05) is 23.7 Å². The van der Waals surface area contributed by atoms with E-state index in [2.05, 4.69) is 5.32 Å². The van der Waals surface area contributed by atoms with Gasteiger partial charge < -0.3 is 10.2 Å². The lowest BCUT2D eigenvalue weighted by atomic mass is 10.1. The first-order valence-corrected chi connectivity index (χ1v) is 14.3. The molecule has 0 unspecified atom stereocenters. The maximum absolute atomic E-state index is 13.4. The number of sulfonamides is 1. The Kier molecular flexibility index (Phi) is 11.4. The van der Waals surface area contributed by atoms with E-state index in [-0.39, 0.29) is 43.6 Å². The number of para-hydroxylation sites is 1. The summed E-state index contributed by atoms with van der Waals surface area (Å²) in [6.45, 7) is 6.55. The van der Waals surface area contributed by atoms with Gasteiger partial charge in [-0.15, -0.1) is 0 Å². The number of carbonyl (C=O) groups excluding carboxylic acids is 2. The standard InChI is InChI=1S/C27H38FN3O4S/c1-5-7-18-29-27(33)24(6-2)30(20-22-14-16-23(28)17-15-22)26(32)13-10-19-31(36(4,34)35)25-12-9-8-11-21(25)3/h8-9,11-12,14-17,24H,5-7,10,13,18-20H2,1-4H3,(H,29,33)/t24-/m0/s1. The monoisotopic (exact) mass is 519 g/mol. The second-order valence-corrected chi connectivity index (χ2v) is 10.8. The second kappa shape index (κ2) is 14.0. The zero-order chi connectivity index (χ0) is 26.7. The number of aryl methyl sites for hydroxylation is 1. The van der Waals surface area contributed by atoms with Gasteiger partial charge >= 0.3 is 0 Å². The number of amides is 2. The van der Waals surface area contributed by atoms with Crippen LogP contribution in [-0.2, 0) is 26.2 Å². The molecule has 2 aromatic carbocycles. The average Bonchev–Trinajstić information content (AvgIpc) is 2.83. The fourth-order valence-corrected chi connectivity index (χ4v) is 5.06. The molecule has 36 heavy (non-hydrogen) atoms. The molecule has 0 saturated carbocycles. The molecule has 2 rings (SSSR count). The molecule has 2 amide bonds. The Hall–Kier alpha value is -2.94. The van der Waals surface area contributed by atoms with Crippen LogP contribution in [-0.4, -0.2) is 50.5 Å². The molecule has 0 fully saturated rings. The molecule has 0 aliphatic carbocycles. The van der Waals surface area contributed by atoms with Crippen LogP contribution in [0.2, 0.25) is 0 Å². The lowest BCUT2D eigenvalue weighted by Crippen LogP contribution is -2.49. The lowest BCUT2D eigenvalue weighted by molar-refractivity contribution is -0.141. The van der Waals surface area contributed by atoms with Gasteiger partial charge in [-0.1, -0.05) is 50.6 Å². The lowest BCUT2D eigenvalue weighted by Gasteiger charge is -2.31. The second-order valence-electron chi connectivity index (χ2n) is 8.94. The molecule has 0 radical (unpaired) electrons. The molecule has 7 nitrogen and oxygen atoms in total. The minimum atomic E-state index is -3.55. The van der Waals surface area contributed by atoms with Gasteiger partial charge in [0.25, 0.3) is 0 Å². The highest BCUT2D eigenvalue weighted by atomic mass is 32.2. The number of nitrogens with one attached hydrogen (secondary N) is 1. The number of nitrogens with zero attached hydrogens (tertiary/aromatic N) is 2. The molecule has 0 aromatic heterocycles. The number of halogens is 1. The van der Waals surface area contributed by atoms with Crippen molar-refractivity contribution in [2.24, 2.45) is 0 Å². The smallest absolute Gasteiger partial charge is 0.242 e. The van der Waals surface area contributed by atoms with E-state index in [1.54, 1.807) is 24.3 Å². The highest BCUT2D eigenvalue weighted by molar-refractivity contribution is 7.92. The Balaban J connectivity index is 2.20. The zero-order valence-corrected chi connectivity index (χ0v) is 22.5. The Morgan fingerprint density at radius 3 is 2.28 bits per heavy atom. The van der Waals surface area contributed by atoms with E-state index in [0.29, 0.717) is 24.2 Å². The summed E-state index contributed by atoms with van der Waals surface area (Å²) in [6, 6.07) is 12.4. The molecule has 0 saturated heterocycles. The summed E-state index contributed by atoms with van der Waals surface area (Å²) in [5.74, 6) is -0.854. The largest absolute Gasteiger partial charge is 0.354 e. The van der Waals surface area contributed by atoms with Crippen LogP contribution < -0.4 is 9.62 Å². The van der Waals surface area contributed by atoms with E-state index in [9.17, 15) is 22.4 Å². The summed E-state index contributed by atoms with van der Waals surface area (Å²) in [6.07, 6.45) is 3.70. The predicted molar refractivity (Wildman–Crippen MR) is 142 cm³/mol. The van der Waals surface area contributed by atoms with Crippen LogP contribution in [0.5, 0.6) is 0 Å². The molecule has 0 aliphatic rings. The number of hydrogen-bond acceptors (Lipinski definition) is 4. The summed E-state index contributed by atoms with van der Waals surface area (Å²) < 4.78 is 39.7. The Labute approximate surface area is 214 Å². The summed E-state index contributed by atoms with van der Waals surface area (Å²) in [5.41, 5.74) is 2.11. The van der Waals surface area contributed by atoms with Crippen molar-refractivity contribution < 1.29 is 22.4 Å². The predicted octanol–water partition coefficient (Wildman–Crippen LogP) is 4.40. The summed E-state index contributed by atoms with van der Waals surface area (Å²) in [5, 5.41) is 2.91. The van der Waals surface area contributed by atoms with Gasteiger partial charge in [-0.2, -0.15) is 0 Å². The van der Waals surface area contributed by atoms with E-state index in [1.165, 1.54) is 21.3 Å². The van der Waals surface area contributed by atoms with Gasteiger partial charge in [0, 0.05) is 26.1 Å². The molecular formula is C27H38FN3O4S. The molecule has 9 heteroatoms. The van der Waals surface area contributed by atoms with Crippen LogP contribution in [0.1, 0.15) is 57.1 Å². The van der Waals surface area contributed by atoms with Gasteiger partial charge in [-0.25, -0.2) is 12.8 Å². The maximum Gasteiger partial charge on any atom is 0.242 e. The normalized spacial score (nSPS) is 12.1. The average molecular weight is 520 g/mol. The third kappa shape index (κ3) is 8.62. The third-order valence-corrected chi connectivity index (χ3v) is 7.20. The minimum absolute atomic E-state index is 0.0673. The SMILES string of the molecule is CCCCNC(=O)[C@H](CC)N(Cc1ccc(F)cc1)C(=O)CCCN(c1ccccc1C)S(C)(=O)=O. The number of rotatable bonds is 14. The van der Waals surface area contributed by atoms with Gasteiger partial charge in [0.15, 0.2) is 0 Å². The van der Waals surface area contributed by atoms with Crippen molar-refractivity contribution in [3.63, 3.8) is 0 Å². The van der Waals surface area contributed by atoms with Gasteiger partial charge in [0.05, 0.1) is 11.9 Å². The highest BCUT2D eigenvalue weighted by Crippen LogP contribution is 2.23. The number of carbonyl (C=O) groups is 2. The fourth-order valence-electron chi connectivity index (χ4n) is 4.04. The van der Waals surface area contributed by atoms with E-state index >= 15 is 0 Å². The highest BCUT2D eigenvalue weighted by Gasteiger charge is 2.28. The molecule has 0 bridgehead atoms. The molecule has 0 aliphatic heterocycles. The molecular weight excluding hydrogens is 481 g/mol. The van der Waals surface area contributed by atoms with Crippen LogP contribution in [0.3, 0.4) is 0 Å². The first-order valence-electron chi connectivity index (χ1n) is 12.4. The van der Waals surface area contributed by atoms with Crippen molar-refractivity contribution >= 4 is 27.5 Å².